The van der Waals surface area contributed by atoms with Crippen LogP contribution >= 0.6 is 0 Å². The highest BCUT2D eigenvalue weighted by Gasteiger charge is 2.29. The normalized spacial score (nSPS) is 17.9. The molecule has 0 bridgehead atoms. The Morgan fingerprint density at radius 1 is 1.37 bits per heavy atom. The molecule has 9 heteroatoms. The lowest BCUT2D eigenvalue weighted by Crippen LogP contribution is -2.40. The summed E-state index contributed by atoms with van der Waals surface area (Å²) in [6.07, 6.45) is 0. The minimum Gasteiger partial charge on any atom is -0.598 e. The second-order valence-electron chi connectivity index (χ2n) is 7.60. The number of nitrogens with one attached hydrogen (secondary N) is 2. The Balaban J connectivity index is 2.05. The predicted octanol–water partition coefficient (Wildman–Crippen LogP) is 2.01. The van der Waals surface area contributed by atoms with Crippen molar-refractivity contribution in [1.82, 2.24) is 14.7 Å². The third-order valence-electron chi connectivity index (χ3n) is 4.41. The Bertz CT molecular complexity index is 877. The lowest BCUT2D eigenvalue weighted by Gasteiger charge is -2.28. The molecule has 1 aliphatic rings. The van der Waals surface area contributed by atoms with Gasteiger partial charge in [0.25, 0.3) is 5.56 Å². The largest absolute Gasteiger partial charge is 0.598 e. The standard InChI is InChI=1S/C18H25FN4O3S/c1-11(22-27(25)18(2,3)4)13-9-12(19)10-14-15(13)20-17(21-16(14)24)23-5-7-26-8-6-23/h9-11,22H,5-8H2,1-4H3,(H,20,21,24)/t11-,27?/m1/s1. The molecule has 0 spiro atoms. The Hall–Kier alpha value is -1.68. The number of morpholine rings is 1. The fourth-order valence-corrected chi connectivity index (χ4v) is 3.68. The van der Waals surface area contributed by atoms with Gasteiger partial charge in [0.2, 0.25) is 5.95 Å². The number of H-pyrrole nitrogens is 1. The monoisotopic (exact) mass is 396 g/mol. The first-order valence-corrected chi connectivity index (χ1v) is 10.1. The van der Waals surface area contributed by atoms with Crippen LogP contribution in [0.3, 0.4) is 0 Å². The highest BCUT2D eigenvalue weighted by molar-refractivity contribution is 7.90. The summed E-state index contributed by atoms with van der Waals surface area (Å²) >= 11 is -1.35. The molecule has 2 atom stereocenters. The number of halogens is 1. The van der Waals surface area contributed by atoms with E-state index >= 15 is 0 Å². The number of fused-ring (bicyclic) bond motifs is 1. The van der Waals surface area contributed by atoms with Gasteiger partial charge in [0.15, 0.2) is 0 Å². The van der Waals surface area contributed by atoms with Crippen LogP contribution in [-0.4, -0.2) is 45.6 Å². The van der Waals surface area contributed by atoms with Gasteiger partial charge in [0, 0.05) is 30.0 Å². The van der Waals surface area contributed by atoms with Crippen molar-refractivity contribution in [2.45, 2.75) is 38.5 Å². The smallest absolute Gasteiger partial charge is 0.260 e. The Morgan fingerprint density at radius 3 is 2.67 bits per heavy atom. The van der Waals surface area contributed by atoms with E-state index in [-0.39, 0.29) is 5.39 Å². The van der Waals surface area contributed by atoms with Crippen LogP contribution in [0.5, 0.6) is 0 Å². The average molecular weight is 396 g/mol. The van der Waals surface area contributed by atoms with Crippen molar-refractivity contribution < 1.29 is 13.7 Å². The van der Waals surface area contributed by atoms with Crippen LogP contribution in [0.4, 0.5) is 10.3 Å². The lowest BCUT2D eigenvalue weighted by molar-refractivity contribution is 0.122. The van der Waals surface area contributed by atoms with Crippen molar-refractivity contribution in [1.29, 1.82) is 0 Å². The minimum atomic E-state index is -1.35. The Morgan fingerprint density at radius 2 is 2.04 bits per heavy atom. The van der Waals surface area contributed by atoms with Crippen LogP contribution in [-0.2, 0) is 16.1 Å². The van der Waals surface area contributed by atoms with Crippen LogP contribution in [0, 0.1) is 5.82 Å². The number of nitrogens with zero attached hydrogens (tertiary/aromatic N) is 2. The van der Waals surface area contributed by atoms with Crippen LogP contribution in [0.1, 0.15) is 39.3 Å². The highest BCUT2D eigenvalue weighted by atomic mass is 32.2. The minimum absolute atomic E-state index is 0.178. The summed E-state index contributed by atoms with van der Waals surface area (Å²) in [7, 11) is 0. The van der Waals surface area contributed by atoms with Crippen molar-refractivity contribution in [2.75, 3.05) is 31.2 Å². The number of benzene rings is 1. The maximum Gasteiger partial charge on any atom is 0.260 e. The van der Waals surface area contributed by atoms with Crippen molar-refractivity contribution in [3.05, 3.63) is 33.9 Å². The number of anilines is 1. The molecule has 1 unspecified atom stereocenters. The van der Waals surface area contributed by atoms with Crippen molar-refractivity contribution in [2.24, 2.45) is 0 Å². The second-order valence-corrected chi connectivity index (χ2v) is 9.60. The fourth-order valence-electron chi connectivity index (χ4n) is 2.88. The summed E-state index contributed by atoms with van der Waals surface area (Å²) in [5.74, 6) is -0.0908. The van der Waals surface area contributed by atoms with E-state index in [0.717, 1.165) is 0 Å². The SMILES string of the molecule is C[C@@H](N[S+]([O-])C(C)(C)C)c1cc(F)cc2c(=O)[nH]c(N3CCOCC3)nc12. The van der Waals surface area contributed by atoms with E-state index in [4.69, 9.17) is 4.74 Å². The summed E-state index contributed by atoms with van der Waals surface area (Å²) in [5.41, 5.74) is 0.516. The first-order valence-electron chi connectivity index (χ1n) is 8.91. The van der Waals surface area contributed by atoms with Gasteiger partial charge in [0.05, 0.1) is 30.2 Å². The third-order valence-corrected chi connectivity index (χ3v) is 6.09. The summed E-state index contributed by atoms with van der Waals surface area (Å²) in [4.78, 5) is 21.8. The number of hydrogen-bond acceptors (Lipinski definition) is 6. The average Bonchev–Trinajstić information content (AvgIpc) is 2.61. The summed E-state index contributed by atoms with van der Waals surface area (Å²) in [6, 6.07) is 2.08. The molecule has 3 rings (SSSR count). The van der Waals surface area contributed by atoms with Gasteiger partial charge in [0.1, 0.15) is 10.6 Å². The maximum atomic E-state index is 14.2. The van der Waals surface area contributed by atoms with E-state index in [1.165, 1.54) is 12.1 Å². The lowest BCUT2D eigenvalue weighted by atomic mass is 10.1. The van der Waals surface area contributed by atoms with Gasteiger partial charge in [-0.25, -0.2) is 9.37 Å². The zero-order valence-corrected chi connectivity index (χ0v) is 16.8. The van der Waals surface area contributed by atoms with Gasteiger partial charge >= 0.3 is 0 Å². The van der Waals surface area contributed by atoms with E-state index in [2.05, 4.69) is 14.7 Å². The van der Waals surface area contributed by atoms with Gasteiger partial charge < -0.3 is 14.2 Å². The molecule has 1 aromatic carbocycles. The number of rotatable bonds is 4. The number of aromatic nitrogens is 2. The zero-order chi connectivity index (χ0) is 19.8. The van der Waals surface area contributed by atoms with E-state index in [9.17, 15) is 13.7 Å². The molecule has 1 aliphatic heterocycles. The Labute approximate surface area is 160 Å². The van der Waals surface area contributed by atoms with Gasteiger partial charge in [-0.05, 0) is 39.8 Å². The predicted molar refractivity (Wildman–Crippen MR) is 105 cm³/mol. The number of ether oxygens (including phenoxy) is 1. The quantitative estimate of drug-likeness (QED) is 0.768. The van der Waals surface area contributed by atoms with Crippen molar-refractivity contribution in [3.63, 3.8) is 0 Å². The molecule has 148 valence electrons. The van der Waals surface area contributed by atoms with Crippen LogP contribution in [0.25, 0.3) is 10.9 Å². The second kappa shape index (κ2) is 7.75. The first kappa shape index (κ1) is 20.1. The fraction of sp³-hybridized carbons (Fsp3) is 0.556. The van der Waals surface area contributed by atoms with E-state index in [1.54, 1.807) is 6.92 Å². The van der Waals surface area contributed by atoms with Crippen molar-refractivity contribution in [3.8, 4) is 0 Å². The third kappa shape index (κ3) is 4.43. The van der Waals surface area contributed by atoms with Crippen LogP contribution < -0.4 is 15.2 Å². The molecule has 0 saturated carbocycles. The molecule has 0 aliphatic carbocycles. The van der Waals surface area contributed by atoms with Crippen LogP contribution in [0.15, 0.2) is 16.9 Å². The zero-order valence-electron chi connectivity index (χ0n) is 16.0. The number of hydrogen-bond donors (Lipinski definition) is 2. The molecule has 1 fully saturated rings. The molecule has 27 heavy (non-hydrogen) atoms. The topological polar surface area (TPSA) is 93.3 Å². The van der Waals surface area contributed by atoms with Gasteiger partial charge in [-0.15, -0.1) is 4.72 Å². The Kier molecular flexibility index (Phi) is 5.76. The first-order chi connectivity index (χ1) is 12.7. The molecule has 2 heterocycles. The summed E-state index contributed by atoms with van der Waals surface area (Å²) in [6.45, 7) is 9.69. The van der Waals surface area contributed by atoms with Gasteiger partial charge in [-0.2, -0.15) is 0 Å². The highest BCUT2D eigenvalue weighted by Crippen LogP contribution is 2.26. The van der Waals surface area contributed by atoms with E-state index in [0.29, 0.717) is 43.3 Å². The van der Waals surface area contributed by atoms with E-state index < -0.39 is 33.5 Å². The molecular formula is C18H25FN4O3S. The van der Waals surface area contributed by atoms with Crippen LogP contribution in [0.2, 0.25) is 0 Å². The summed E-state index contributed by atoms with van der Waals surface area (Å²) < 4.78 is 34.5. The molecule has 1 aromatic heterocycles. The molecule has 2 N–H and O–H groups in total. The van der Waals surface area contributed by atoms with Gasteiger partial charge in [-0.3, -0.25) is 9.78 Å². The molecule has 2 aromatic rings. The molecule has 1 saturated heterocycles. The molecular weight excluding hydrogens is 371 g/mol. The van der Waals surface area contributed by atoms with E-state index in [1.807, 2.05) is 25.7 Å². The van der Waals surface area contributed by atoms with Gasteiger partial charge in [-0.1, -0.05) is 0 Å². The molecule has 0 radical (unpaired) electrons. The molecule has 0 amide bonds. The maximum absolute atomic E-state index is 14.2. The van der Waals surface area contributed by atoms with Crippen molar-refractivity contribution >= 4 is 28.2 Å². The number of aromatic amines is 1. The molecule has 7 nitrogen and oxygen atoms in total. The summed E-state index contributed by atoms with van der Waals surface area (Å²) in [5, 5.41) is 0.178.